The Hall–Kier alpha value is -8.42. The number of unbranched alkanes of at least 4 members (excludes halogenated alkanes) is 38. The van der Waals surface area contributed by atoms with Gasteiger partial charge in [-0.2, -0.15) is 17.5 Å². The van der Waals surface area contributed by atoms with Crippen molar-refractivity contribution < 1.29 is 18.9 Å². The molecule has 8 aromatic heterocycles. The van der Waals surface area contributed by atoms with Gasteiger partial charge in [-0.3, -0.25) is 0 Å². The van der Waals surface area contributed by atoms with Crippen LogP contribution >= 0.6 is 91.5 Å². The van der Waals surface area contributed by atoms with Crippen LogP contribution in [0, 0.1) is 11.8 Å². The summed E-state index contributed by atoms with van der Waals surface area (Å²) in [5, 5.41) is 0. The monoisotopic (exact) mass is 2130 g/mol. The van der Waals surface area contributed by atoms with Crippen molar-refractivity contribution in [1.82, 2.24) is 17.5 Å². The van der Waals surface area contributed by atoms with Crippen LogP contribution in [-0.2, 0) is 23.7 Å². The number of thiophene rings is 6. The highest BCUT2D eigenvalue weighted by Crippen LogP contribution is 2.67. The number of aromatic nitrogens is 4. The molecule has 0 bridgehead atoms. The highest BCUT2D eigenvalue weighted by molar-refractivity contribution is 7.25. The zero-order chi connectivity index (χ0) is 102. The molecule has 786 valence electrons. The van der Waals surface area contributed by atoms with Gasteiger partial charge in [-0.25, -0.2) is 0 Å². The molecule has 0 saturated carbocycles. The second-order valence-corrected chi connectivity index (χ2v) is 50.4. The summed E-state index contributed by atoms with van der Waals surface area (Å²) in [5.41, 5.74) is 18.7. The highest BCUT2D eigenvalue weighted by atomic mass is 32.1. The largest absolute Gasteiger partial charge is 0.494 e. The Bertz CT molecular complexity index is 5960. The maximum Gasteiger partial charge on any atom is 0.119 e. The molecule has 7 aromatic carbocycles. The van der Waals surface area contributed by atoms with Crippen molar-refractivity contribution in [3.05, 3.63) is 248 Å². The lowest BCUT2D eigenvalue weighted by molar-refractivity contribution is 0.304. The SMILES string of the molecule is CCCCCCCCCCCCOc1ccc(C2(c3ccc(OCCCCCCCCCCCC)cc3)c3cc4c(cc3-c3sc(-c5ccc(-c6ccc(-c7ccc(CC(CC)CCCC)s7)s6)c6nsnc56)cc32)C(c2ccc(OCCCCCCCCCCCC)cc2)(c2ccc(OCCCCCCCCCCCC)cc2)c2cc(-c3ccc(-c5ccc(-c6ccc(CC(CC)CCCC)s6)s5)c5nsnc35)sc2-4)cc1. The molecule has 2 aliphatic carbocycles. The normalized spacial score (nSPS) is 13.3. The predicted octanol–water partition coefficient (Wildman–Crippen LogP) is 43.5. The Balaban J connectivity index is 0.809. The molecular formula is C132H166N4O4S8. The molecule has 16 heteroatoms. The first-order valence-corrected chi connectivity index (χ1v) is 64.8. The van der Waals surface area contributed by atoms with Crippen LogP contribution < -0.4 is 18.9 Å². The highest BCUT2D eigenvalue weighted by Gasteiger charge is 2.54. The standard InChI is InChI=1S/C132H166N4O4S8/c1-9-17-23-27-31-35-39-43-47-51-85-137-101-65-57-97(58-66-101)131(98-59-67-102(68-60-98)138-86-52-48-44-40-36-32-28-24-18-10-2)113-91-112-114(92-111(113)129-115(131)93-123(145-129)109-77-75-107(125-127(109)135-147-133-125)117-81-83-121(143-117)119-79-73-105(141-119)89-95(15-7)55-21-13-5)132(99-61-69-103(70-62-99)139-87-53-49-45-41-37-33-29-25-19-11-3,100-63-71-104(72-64-100)140-88-54-50-46-42-38-34-30-26-20-12-4)116-94-124(146-130(112)116)110-78-76-108(126-128(110)136-148-134-126)118-82-84-122(144-118)120-80-74-106(142-120)90-96(16-8)56-22-14-6/h57-84,91-96H,9-56,85-90H2,1-8H3. The first-order chi connectivity index (χ1) is 73.1. The van der Waals surface area contributed by atoms with Gasteiger partial charge in [0.1, 0.15) is 45.1 Å². The number of ether oxygens (including phenoxy) is 4. The molecule has 2 aliphatic rings. The zero-order valence-electron chi connectivity index (χ0n) is 90.5. The molecule has 0 saturated heterocycles. The van der Waals surface area contributed by atoms with Gasteiger partial charge in [0.2, 0.25) is 0 Å². The Morgan fingerprint density at radius 3 is 0.730 bits per heavy atom. The Morgan fingerprint density at radius 1 is 0.216 bits per heavy atom. The average Bonchev–Trinajstić information content (AvgIpc) is 1.50. The molecule has 2 unspecified atom stereocenters. The quantitative estimate of drug-likeness (QED) is 0.0348. The molecule has 17 rings (SSSR count). The van der Waals surface area contributed by atoms with Crippen molar-refractivity contribution in [2.75, 3.05) is 26.4 Å². The third-order valence-corrected chi connectivity index (χ3v) is 40.2. The summed E-state index contributed by atoms with van der Waals surface area (Å²) < 4.78 is 48.8. The Kier molecular flexibility index (Phi) is 43.0. The minimum Gasteiger partial charge on any atom is -0.494 e. The van der Waals surface area contributed by atoms with Gasteiger partial charge in [-0.15, -0.1) is 68.0 Å². The van der Waals surface area contributed by atoms with Crippen LogP contribution in [0.4, 0.5) is 0 Å². The first-order valence-electron chi connectivity index (χ1n) is 58.4. The van der Waals surface area contributed by atoms with Crippen molar-refractivity contribution in [1.29, 1.82) is 0 Å². The second-order valence-electron chi connectivity index (χ2n) is 42.7. The first kappa shape index (κ1) is 111. The Labute approximate surface area is 921 Å². The van der Waals surface area contributed by atoms with Crippen molar-refractivity contribution in [2.24, 2.45) is 11.8 Å². The number of hydrogen-bond donors (Lipinski definition) is 0. The second kappa shape index (κ2) is 57.5. The minimum absolute atomic E-state index is 0.687. The third-order valence-electron chi connectivity index (χ3n) is 31.9. The fraction of sp³-hybridized carbons (Fsp3) is 0.500. The molecule has 148 heavy (non-hydrogen) atoms. The molecule has 2 atom stereocenters. The molecule has 15 aromatic rings. The van der Waals surface area contributed by atoms with Gasteiger partial charge in [-0.05, 0) is 227 Å². The molecule has 0 N–H and O–H groups in total. The Morgan fingerprint density at radius 2 is 0.459 bits per heavy atom. The molecular weight excluding hydrogens is 1960 g/mol. The molecule has 0 aliphatic heterocycles. The predicted molar refractivity (Wildman–Crippen MR) is 646 cm³/mol. The lowest BCUT2D eigenvalue weighted by atomic mass is 9.66. The van der Waals surface area contributed by atoms with Crippen molar-refractivity contribution >= 4 is 114 Å². The van der Waals surface area contributed by atoms with E-state index in [4.69, 9.17) is 36.4 Å². The summed E-state index contributed by atoms with van der Waals surface area (Å²) in [6.45, 7) is 21.4. The lowest BCUT2D eigenvalue weighted by Crippen LogP contribution is -2.30. The smallest absolute Gasteiger partial charge is 0.119 e. The summed E-state index contributed by atoms with van der Waals surface area (Å²) in [6.07, 6.45) is 63.6. The summed E-state index contributed by atoms with van der Waals surface area (Å²) in [4.78, 5) is 15.5. The van der Waals surface area contributed by atoms with Crippen LogP contribution in [0.3, 0.4) is 0 Å². The van der Waals surface area contributed by atoms with Crippen molar-refractivity contribution in [3.63, 3.8) is 0 Å². The van der Waals surface area contributed by atoms with E-state index in [0.717, 1.165) is 118 Å². The summed E-state index contributed by atoms with van der Waals surface area (Å²) in [7, 11) is 0. The van der Waals surface area contributed by atoms with Crippen LogP contribution in [0.25, 0.3) is 104 Å². The molecule has 0 spiro atoms. The van der Waals surface area contributed by atoms with E-state index in [9.17, 15) is 0 Å². The van der Waals surface area contributed by atoms with Crippen LogP contribution in [-0.4, -0.2) is 43.9 Å². The maximum atomic E-state index is 6.88. The van der Waals surface area contributed by atoms with Crippen LogP contribution in [0.15, 0.2) is 194 Å². The van der Waals surface area contributed by atoms with E-state index in [-0.39, 0.29) is 0 Å². The molecule has 0 radical (unpaired) electrons. The van der Waals surface area contributed by atoms with Gasteiger partial charge in [-0.1, -0.05) is 411 Å². The van der Waals surface area contributed by atoms with Crippen LogP contribution in [0.2, 0.25) is 0 Å². The fourth-order valence-corrected chi connectivity index (χ4v) is 31.4. The van der Waals surface area contributed by atoms with Gasteiger partial charge >= 0.3 is 0 Å². The van der Waals surface area contributed by atoms with E-state index in [1.165, 1.54) is 420 Å². The number of rotatable bonds is 70. The molecule has 8 heterocycles. The van der Waals surface area contributed by atoms with Gasteiger partial charge in [0, 0.05) is 80.8 Å². The summed E-state index contributed by atoms with van der Waals surface area (Å²) in [6, 6.07) is 76.3. The van der Waals surface area contributed by atoms with Crippen LogP contribution in [0.5, 0.6) is 23.0 Å². The van der Waals surface area contributed by atoms with E-state index in [1.54, 1.807) is 0 Å². The average molecular weight is 2130 g/mol. The summed E-state index contributed by atoms with van der Waals surface area (Å²) in [5.74, 6) is 5.04. The van der Waals surface area contributed by atoms with Crippen molar-refractivity contribution in [3.8, 4) is 105 Å². The summed E-state index contributed by atoms with van der Waals surface area (Å²) >= 11 is 14.2. The zero-order valence-corrected chi connectivity index (χ0v) is 97.0. The van der Waals surface area contributed by atoms with E-state index in [0.29, 0.717) is 26.4 Å². The van der Waals surface area contributed by atoms with E-state index >= 15 is 0 Å². The molecule has 0 amide bonds. The number of hydrogen-bond acceptors (Lipinski definition) is 16. The fourth-order valence-electron chi connectivity index (χ4n) is 23.2. The minimum atomic E-state index is -0.861. The van der Waals surface area contributed by atoms with Gasteiger partial charge in [0.25, 0.3) is 0 Å². The molecule has 0 fully saturated rings. The number of fused-ring (bicyclic) bond motifs is 8. The van der Waals surface area contributed by atoms with Crippen molar-refractivity contribution in [2.45, 2.75) is 387 Å². The topological polar surface area (TPSA) is 88.5 Å². The third kappa shape index (κ3) is 27.5. The lowest BCUT2D eigenvalue weighted by Gasteiger charge is -2.35. The van der Waals surface area contributed by atoms with Crippen LogP contribution in [0.1, 0.15) is 418 Å². The number of nitrogens with zero attached hydrogens (tertiary/aromatic N) is 4. The van der Waals surface area contributed by atoms with E-state index < -0.39 is 10.8 Å². The number of benzene rings is 7. The van der Waals surface area contributed by atoms with Gasteiger partial charge < -0.3 is 18.9 Å². The maximum absolute atomic E-state index is 6.88. The van der Waals surface area contributed by atoms with E-state index in [1.807, 2.05) is 68.0 Å². The molecule has 8 nitrogen and oxygen atoms in total. The van der Waals surface area contributed by atoms with E-state index in [2.05, 4.69) is 250 Å². The van der Waals surface area contributed by atoms with Gasteiger partial charge in [0.05, 0.1) is 60.7 Å². The van der Waals surface area contributed by atoms with Gasteiger partial charge in [0.15, 0.2) is 0 Å².